The summed E-state index contributed by atoms with van der Waals surface area (Å²) < 4.78 is 1.73. The molecule has 1 amide bonds. The number of rotatable bonds is 7. The topological polar surface area (TPSA) is 72.7 Å². The Balaban J connectivity index is 1.29. The van der Waals surface area contributed by atoms with Crippen molar-refractivity contribution in [2.24, 2.45) is 0 Å². The Kier molecular flexibility index (Phi) is 6.72. The van der Waals surface area contributed by atoms with Crippen molar-refractivity contribution in [3.8, 4) is 5.69 Å². The molecule has 0 radical (unpaired) electrons. The van der Waals surface area contributed by atoms with E-state index in [0.717, 1.165) is 34.8 Å². The van der Waals surface area contributed by atoms with Gasteiger partial charge in [0, 0.05) is 4.90 Å². The summed E-state index contributed by atoms with van der Waals surface area (Å²) in [4.78, 5) is 14.1. The van der Waals surface area contributed by atoms with Gasteiger partial charge in [0.2, 0.25) is 0 Å². The van der Waals surface area contributed by atoms with Crippen molar-refractivity contribution < 1.29 is 4.79 Å². The van der Waals surface area contributed by atoms with Gasteiger partial charge in [-0.15, -0.1) is 16.9 Å². The second-order valence-corrected chi connectivity index (χ2v) is 9.57. The van der Waals surface area contributed by atoms with Crippen molar-refractivity contribution in [2.75, 3.05) is 0 Å². The minimum atomic E-state index is -0.0732. The van der Waals surface area contributed by atoms with Crippen molar-refractivity contribution in [1.29, 1.82) is 0 Å². The van der Waals surface area contributed by atoms with E-state index in [0.29, 0.717) is 11.3 Å². The first kappa shape index (κ1) is 22.3. The number of fused-ring (bicyclic) bond motifs is 1. The predicted molar refractivity (Wildman–Crippen MR) is 134 cm³/mol. The van der Waals surface area contributed by atoms with Crippen molar-refractivity contribution in [3.63, 3.8) is 0 Å². The molecule has 1 aliphatic rings. The number of carbonyl (C=O) groups excluding carboxylic acids is 1. The van der Waals surface area contributed by atoms with E-state index in [-0.39, 0.29) is 11.9 Å². The molecule has 1 aliphatic carbocycles. The van der Waals surface area contributed by atoms with E-state index in [4.69, 9.17) is 0 Å². The summed E-state index contributed by atoms with van der Waals surface area (Å²) in [7, 11) is 0. The quantitative estimate of drug-likeness (QED) is 0.371. The molecular weight excluding hydrogens is 442 g/mol. The molecule has 0 spiro atoms. The maximum atomic E-state index is 13.2. The summed E-state index contributed by atoms with van der Waals surface area (Å²) in [6, 6.07) is 24.1. The maximum absolute atomic E-state index is 13.2. The number of thioether (sulfide) groups is 1. The van der Waals surface area contributed by atoms with Gasteiger partial charge in [-0.3, -0.25) is 4.79 Å². The van der Waals surface area contributed by atoms with Gasteiger partial charge in [0.05, 0.1) is 23.0 Å². The average Bonchev–Trinajstić information content (AvgIpc) is 3.36. The molecule has 1 atom stereocenters. The number of carbonyl (C=O) groups is 1. The number of aromatic nitrogens is 4. The SMILES string of the molecule is CC(NC(=O)c1ccccc1SCc1nnnn1-c1ccccc1)c1ccc2c(c1)CCCC2. The van der Waals surface area contributed by atoms with Crippen LogP contribution in [0.4, 0.5) is 0 Å². The fraction of sp³-hybridized carbons (Fsp3) is 0.259. The zero-order chi connectivity index (χ0) is 23.3. The van der Waals surface area contributed by atoms with Crippen molar-refractivity contribution in [3.05, 3.63) is 101 Å². The number of aryl methyl sites for hydroxylation is 2. The molecule has 6 nitrogen and oxygen atoms in total. The summed E-state index contributed by atoms with van der Waals surface area (Å²) in [5, 5.41) is 15.3. The third-order valence-corrected chi connectivity index (χ3v) is 7.31. The van der Waals surface area contributed by atoms with E-state index in [1.807, 2.05) is 61.5 Å². The van der Waals surface area contributed by atoms with E-state index in [1.54, 1.807) is 16.4 Å². The highest BCUT2D eigenvalue weighted by Crippen LogP contribution is 2.28. The van der Waals surface area contributed by atoms with Gasteiger partial charge in [-0.1, -0.05) is 48.5 Å². The molecule has 0 saturated heterocycles. The molecule has 34 heavy (non-hydrogen) atoms. The predicted octanol–water partition coefficient (Wildman–Crippen LogP) is 5.32. The van der Waals surface area contributed by atoms with Crippen LogP contribution < -0.4 is 5.32 Å². The summed E-state index contributed by atoms with van der Waals surface area (Å²) in [5.41, 5.74) is 5.61. The first-order chi connectivity index (χ1) is 16.7. The summed E-state index contributed by atoms with van der Waals surface area (Å²) in [6.45, 7) is 2.05. The first-order valence-corrected chi connectivity index (χ1v) is 12.6. The molecule has 1 unspecified atom stereocenters. The van der Waals surface area contributed by atoms with Crippen LogP contribution in [0.2, 0.25) is 0 Å². The van der Waals surface area contributed by atoms with Crippen LogP contribution in [0.5, 0.6) is 0 Å². The molecule has 0 saturated carbocycles. The molecule has 1 heterocycles. The molecule has 1 aromatic heterocycles. The lowest BCUT2D eigenvalue weighted by Crippen LogP contribution is -2.27. The van der Waals surface area contributed by atoms with E-state index in [2.05, 4.69) is 39.0 Å². The first-order valence-electron chi connectivity index (χ1n) is 11.7. The monoisotopic (exact) mass is 469 g/mol. The molecule has 172 valence electrons. The van der Waals surface area contributed by atoms with Gasteiger partial charge < -0.3 is 5.32 Å². The lowest BCUT2D eigenvalue weighted by molar-refractivity contribution is 0.0937. The number of hydrogen-bond donors (Lipinski definition) is 1. The Labute approximate surface area is 203 Å². The summed E-state index contributed by atoms with van der Waals surface area (Å²) >= 11 is 1.56. The third-order valence-electron chi connectivity index (χ3n) is 6.24. The van der Waals surface area contributed by atoms with E-state index >= 15 is 0 Å². The normalized spacial score (nSPS) is 13.8. The van der Waals surface area contributed by atoms with Crippen LogP contribution in [-0.2, 0) is 18.6 Å². The largest absolute Gasteiger partial charge is 0.345 e. The van der Waals surface area contributed by atoms with Gasteiger partial charge in [0.15, 0.2) is 5.82 Å². The number of para-hydroxylation sites is 1. The third kappa shape index (κ3) is 4.89. The van der Waals surface area contributed by atoms with Crippen LogP contribution >= 0.6 is 11.8 Å². The van der Waals surface area contributed by atoms with Crippen LogP contribution in [0.1, 0.15) is 58.7 Å². The van der Waals surface area contributed by atoms with Crippen molar-refractivity contribution in [1.82, 2.24) is 25.5 Å². The van der Waals surface area contributed by atoms with E-state index in [1.165, 1.54) is 24.0 Å². The second kappa shape index (κ2) is 10.2. The Morgan fingerprint density at radius 3 is 2.62 bits per heavy atom. The molecule has 7 heteroatoms. The smallest absolute Gasteiger partial charge is 0.252 e. The highest BCUT2D eigenvalue weighted by atomic mass is 32.2. The lowest BCUT2D eigenvalue weighted by atomic mass is 9.89. The van der Waals surface area contributed by atoms with Crippen molar-refractivity contribution >= 4 is 17.7 Å². The fourth-order valence-electron chi connectivity index (χ4n) is 4.37. The maximum Gasteiger partial charge on any atom is 0.252 e. The van der Waals surface area contributed by atoms with Gasteiger partial charge in [-0.25, -0.2) is 0 Å². The number of nitrogens with one attached hydrogen (secondary N) is 1. The average molecular weight is 470 g/mol. The highest BCUT2D eigenvalue weighted by molar-refractivity contribution is 7.98. The van der Waals surface area contributed by atoms with Gasteiger partial charge in [0.25, 0.3) is 5.91 Å². The second-order valence-electron chi connectivity index (χ2n) is 8.56. The lowest BCUT2D eigenvalue weighted by Gasteiger charge is -2.20. The number of amides is 1. The Bertz CT molecular complexity index is 1290. The molecule has 3 aromatic carbocycles. The molecule has 4 aromatic rings. The van der Waals surface area contributed by atoms with Crippen LogP contribution in [0, 0.1) is 0 Å². The molecule has 5 rings (SSSR count). The zero-order valence-electron chi connectivity index (χ0n) is 19.1. The van der Waals surface area contributed by atoms with Crippen LogP contribution in [0.15, 0.2) is 77.7 Å². The van der Waals surface area contributed by atoms with Gasteiger partial charge >= 0.3 is 0 Å². The molecule has 0 bridgehead atoms. The number of tetrazole rings is 1. The van der Waals surface area contributed by atoms with Gasteiger partial charge in [-0.05, 0) is 84.0 Å². The fourth-order valence-corrected chi connectivity index (χ4v) is 5.32. The number of nitrogens with zero attached hydrogens (tertiary/aromatic N) is 4. The highest BCUT2D eigenvalue weighted by Gasteiger charge is 2.18. The molecular formula is C27H27N5OS. The van der Waals surface area contributed by atoms with Gasteiger partial charge in [-0.2, -0.15) is 4.68 Å². The number of benzene rings is 3. The van der Waals surface area contributed by atoms with Crippen LogP contribution in [0.25, 0.3) is 5.69 Å². The minimum absolute atomic E-state index is 0.0665. The Hall–Kier alpha value is -3.45. The molecule has 1 N–H and O–H groups in total. The van der Waals surface area contributed by atoms with E-state index < -0.39 is 0 Å². The molecule has 0 fully saturated rings. The van der Waals surface area contributed by atoms with Crippen LogP contribution in [-0.4, -0.2) is 26.1 Å². The standard InChI is InChI=1S/C27H27N5OS/c1-19(21-16-15-20-9-5-6-10-22(20)17-21)28-27(33)24-13-7-8-14-25(24)34-18-26-29-30-31-32(26)23-11-3-2-4-12-23/h2-4,7-8,11-17,19H,5-6,9-10,18H2,1H3,(H,28,33). The van der Waals surface area contributed by atoms with E-state index in [9.17, 15) is 4.79 Å². The molecule has 0 aliphatic heterocycles. The van der Waals surface area contributed by atoms with Crippen LogP contribution in [0.3, 0.4) is 0 Å². The Morgan fingerprint density at radius 2 is 1.76 bits per heavy atom. The number of hydrogen-bond acceptors (Lipinski definition) is 5. The van der Waals surface area contributed by atoms with Gasteiger partial charge in [0.1, 0.15) is 0 Å². The summed E-state index contributed by atoms with van der Waals surface area (Å²) in [5.74, 6) is 1.21. The minimum Gasteiger partial charge on any atom is -0.345 e. The van der Waals surface area contributed by atoms with Crippen molar-refractivity contribution in [2.45, 2.75) is 49.3 Å². The Morgan fingerprint density at radius 1 is 1.00 bits per heavy atom. The summed E-state index contributed by atoms with van der Waals surface area (Å²) in [6.07, 6.45) is 4.81. The zero-order valence-corrected chi connectivity index (χ0v) is 20.0.